The molecule has 1 amide bonds. The van der Waals surface area contributed by atoms with Crippen molar-refractivity contribution in [2.24, 2.45) is 4.99 Å². The third-order valence-corrected chi connectivity index (χ3v) is 3.86. The molecule has 0 bridgehead atoms. The quantitative estimate of drug-likeness (QED) is 0.194. The first-order valence-electron chi connectivity index (χ1n) is 9.80. The zero-order valence-corrected chi connectivity index (χ0v) is 19.4. The summed E-state index contributed by atoms with van der Waals surface area (Å²) in [4.78, 5) is 16.4. The third kappa shape index (κ3) is 10.2. The lowest BCUT2D eigenvalue weighted by Gasteiger charge is -2.12. The summed E-state index contributed by atoms with van der Waals surface area (Å²) in [7, 11) is 0. The Morgan fingerprint density at radius 2 is 1.83 bits per heavy atom. The van der Waals surface area contributed by atoms with Crippen LogP contribution < -0.4 is 20.7 Å². The van der Waals surface area contributed by atoms with Crippen molar-refractivity contribution in [3.63, 3.8) is 0 Å². The SMILES string of the molecule is CCCC(=O)Nc1cccc(CN=C(NCC)NCCOc2ccccc2)c1.I. The first kappa shape index (κ1) is 24.7. The number of ether oxygens (including phenoxy) is 1. The Kier molecular flexibility index (Phi) is 12.5. The number of nitrogens with zero attached hydrogens (tertiary/aromatic N) is 1. The largest absolute Gasteiger partial charge is 0.492 e. The Hall–Kier alpha value is -2.29. The highest BCUT2D eigenvalue weighted by Crippen LogP contribution is 2.12. The van der Waals surface area contributed by atoms with Gasteiger partial charge < -0.3 is 20.7 Å². The van der Waals surface area contributed by atoms with Crippen molar-refractivity contribution < 1.29 is 9.53 Å². The highest BCUT2D eigenvalue weighted by atomic mass is 127. The number of carbonyl (C=O) groups excluding carboxylic acids is 1. The van der Waals surface area contributed by atoms with Gasteiger partial charge in [0.15, 0.2) is 5.96 Å². The summed E-state index contributed by atoms with van der Waals surface area (Å²) < 4.78 is 5.68. The van der Waals surface area contributed by atoms with Gasteiger partial charge in [-0.2, -0.15) is 0 Å². The van der Waals surface area contributed by atoms with Crippen LogP contribution in [0.2, 0.25) is 0 Å². The Bertz CT molecular complexity index is 753. The minimum absolute atomic E-state index is 0. The number of rotatable bonds is 10. The smallest absolute Gasteiger partial charge is 0.224 e. The molecule has 0 radical (unpaired) electrons. The minimum Gasteiger partial charge on any atom is -0.492 e. The average molecular weight is 510 g/mol. The van der Waals surface area contributed by atoms with Gasteiger partial charge in [0.25, 0.3) is 0 Å². The molecule has 6 nitrogen and oxygen atoms in total. The van der Waals surface area contributed by atoms with Gasteiger partial charge in [0.05, 0.1) is 13.1 Å². The van der Waals surface area contributed by atoms with Crippen molar-refractivity contribution in [2.75, 3.05) is 25.0 Å². The summed E-state index contributed by atoms with van der Waals surface area (Å²) in [5.41, 5.74) is 1.84. The molecule has 0 unspecified atom stereocenters. The molecule has 3 N–H and O–H groups in total. The van der Waals surface area contributed by atoms with Crippen LogP contribution in [0.3, 0.4) is 0 Å². The number of hydrogen-bond acceptors (Lipinski definition) is 3. The summed E-state index contributed by atoms with van der Waals surface area (Å²) in [6, 6.07) is 17.5. The molecule has 0 saturated heterocycles. The monoisotopic (exact) mass is 510 g/mol. The molecule has 7 heteroatoms. The fourth-order valence-corrected chi connectivity index (χ4v) is 2.57. The van der Waals surface area contributed by atoms with Crippen LogP contribution >= 0.6 is 24.0 Å². The van der Waals surface area contributed by atoms with Crippen LogP contribution in [0.5, 0.6) is 5.75 Å². The van der Waals surface area contributed by atoms with Crippen LogP contribution in [0.25, 0.3) is 0 Å². The fraction of sp³-hybridized carbons (Fsp3) is 0.364. The highest BCUT2D eigenvalue weighted by molar-refractivity contribution is 14.0. The van der Waals surface area contributed by atoms with Crippen molar-refractivity contribution in [3.05, 3.63) is 60.2 Å². The maximum atomic E-state index is 11.8. The number of aliphatic imine (C=N–C) groups is 1. The topological polar surface area (TPSA) is 74.8 Å². The summed E-state index contributed by atoms with van der Waals surface area (Å²) in [6.45, 7) is 6.51. The van der Waals surface area contributed by atoms with Crippen LogP contribution in [0.1, 0.15) is 32.3 Å². The van der Waals surface area contributed by atoms with Crippen molar-refractivity contribution in [1.82, 2.24) is 10.6 Å². The van der Waals surface area contributed by atoms with Crippen molar-refractivity contribution in [3.8, 4) is 5.75 Å². The van der Waals surface area contributed by atoms with Gasteiger partial charge in [-0.05, 0) is 43.2 Å². The molecule has 0 saturated carbocycles. The number of benzene rings is 2. The molecule has 0 aromatic heterocycles. The van der Waals surface area contributed by atoms with Crippen molar-refractivity contribution in [1.29, 1.82) is 0 Å². The van der Waals surface area contributed by atoms with Gasteiger partial charge >= 0.3 is 0 Å². The lowest BCUT2D eigenvalue weighted by atomic mass is 10.2. The van der Waals surface area contributed by atoms with E-state index in [1.807, 2.05) is 68.4 Å². The molecular formula is C22H31IN4O2. The van der Waals surface area contributed by atoms with E-state index in [1.165, 1.54) is 0 Å². The normalized spacial score (nSPS) is 10.6. The number of para-hydroxylation sites is 1. The van der Waals surface area contributed by atoms with Crippen LogP contribution in [-0.2, 0) is 11.3 Å². The molecule has 0 aliphatic carbocycles. The molecule has 0 aliphatic rings. The lowest BCUT2D eigenvalue weighted by Crippen LogP contribution is -2.39. The van der Waals surface area contributed by atoms with E-state index in [9.17, 15) is 4.79 Å². The molecule has 2 aromatic carbocycles. The van der Waals surface area contributed by atoms with Gasteiger partial charge in [-0.25, -0.2) is 4.99 Å². The number of halogens is 1. The molecule has 0 aliphatic heterocycles. The molecule has 0 spiro atoms. The van der Waals surface area contributed by atoms with E-state index in [-0.39, 0.29) is 29.9 Å². The van der Waals surface area contributed by atoms with E-state index in [0.29, 0.717) is 26.1 Å². The molecule has 29 heavy (non-hydrogen) atoms. The van der Waals surface area contributed by atoms with E-state index < -0.39 is 0 Å². The van der Waals surface area contributed by atoms with E-state index in [2.05, 4.69) is 20.9 Å². The maximum Gasteiger partial charge on any atom is 0.224 e. The number of nitrogens with one attached hydrogen (secondary N) is 3. The fourth-order valence-electron chi connectivity index (χ4n) is 2.57. The van der Waals surface area contributed by atoms with E-state index in [0.717, 1.165) is 35.9 Å². The molecule has 0 heterocycles. The number of amides is 1. The second-order valence-electron chi connectivity index (χ2n) is 6.28. The predicted molar refractivity (Wildman–Crippen MR) is 130 cm³/mol. The Morgan fingerprint density at radius 3 is 2.55 bits per heavy atom. The second kappa shape index (κ2) is 14.7. The minimum atomic E-state index is 0. The molecule has 2 aromatic rings. The number of guanidine groups is 1. The van der Waals surface area contributed by atoms with Crippen LogP contribution in [0, 0.1) is 0 Å². The molecule has 158 valence electrons. The summed E-state index contributed by atoms with van der Waals surface area (Å²) in [6.07, 6.45) is 1.36. The van der Waals surface area contributed by atoms with E-state index >= 15 is 0 Å². The molecule has 2 rings (SSSR count). The number of anilines is 1. The first-order valence-corrected chi connectivity index (χ1v) is 9.80. The zero-order valence-electron chi connectivity index (χ0n) is 17.1. The first-order chi connectivity index (χ1) is 13.7. The van der Waals surface area contributed by atoms with Gasteiger partial charge in [0.2, 0.25) is 5.91 Å². The Labute approximate surface area is 190 Å². The molecule has 0 atom stereocenters. The number of carbonyl (C=O) groups is 1. The summed E-state index contributed by atoms with van der Waals surface area (Å²) in [5, 5.41) is 9.42. The van der Waals surface area contributed by atoms with Crippen LogP contribution in [0.4, 0.5) is 5.69 Å². The van der Waals surface area contributed by atoms with Gasteiger partial charge in [-0.1, -0.05) is 37.3 Å². The molecular weight excluding hydrogens is 479 g/mol. The van der Waals surface area contributed by atoms with Crippen molar-refractivity contribution in [2.45, 2.75) is 33.2 Å². The van der Waals surface area contributed by atoms with E-state index in [4.69, 9.17) is 4.74 Å². The van der Waals surface area contributed by atoms with Crippen LogP contribution in [0.15, 0.2) is 59.6 Å². The predicted octanol–water partition coefficient (Wildman–Crippen LogP) is 4.18. The summed E-state index contributed by atoms with van der Waals surface area (Å²) >= 11 is 0. The van der Waals surface area contributed by atoms with Crippen LogP contribution in [-0.4, -0.2) is 31.6 Å². The van der Waals surface area contributed by atoms with E-state index in [1.54, 1.807) is 0 Å². The average Bonchev–Trinajstić information content (AvgIpc) is 2.70. The summed E-state index contributed by atoms with van der Waals surface area (Å²) in [5.74, 6) is 1.63. The van der Waals surface area contributed by atoms with Crippen molar-refractivity contribution >= 4 is 41.5 Å². The number of hydrogen-bond donors (Lipinski definition) is 3. The maximum absolute atomic E-state index is 11.8. The third-order valence-electron chi connectivity index (χ3n) is 3.86. The van der Waals surface area contributed by atoms with Gasteiger partial charge in [-0.15, -0.1) is 24.0 Å². The Balaban J connectivity index is 0.00000420. The zero-order chi connectivity index (χ0) is 20.0. The van der Waals surface area contributed by atoms with Gasteiger partial charge in [0, 0.05) is 18.7 Å². The molecule has 0 fully saturated rings. The lowest BCUT2D eigenvalue weighted by molar-refractivity contribution is -0.116. The van der Waals surface area contributed by atoms with Gasteiger partial charge in [0.1, 0.15) is 12.4 Å². The van der Waals surface area contributed by atoms with Gasteiger partial charge in [-0.3, -0.25) is 4.79 Å². The second-order valence-corrected chi connectivity index (χ2v) is 6.28. The standard InChI is InChI=1S/C22H30N4O2.HI/c1-3-9-21(27)26-19-11-8-10-18(16-19)17-25-22(23-4-2)24-14-15-28-20-12-6-5-7-13-20;/h5-8,10-13,16H,3-4,9,14-15,17H2,1-2H3,(H,26,27)(H2,23,24,25);1H. The Morgan fingerprint density at radius 1 is 1.03 bits per heavy atom. The highest BCUT2D eigenvalue weighted by Gasteiger charge is 2.02.